The summed E-state index contributed by atoms with van der Waals surface area (Å²) in [6, 6.07) is 11.9. The van der Waals surface area contributed by atoms with Crippen LogP contribution in [0.3, 0.4) is 0 Å². The quantitative estimate of drug-likeness (QED) is 0.269. The van der Waals surface area contributed by atoms with Crippen LogP contribution in [0.25, 0.3) is 0 Å². The fraction of sp³-hybridized carbons (Fsp3) is 0.320. The van der Waals surface area contributed by atoms with Gasteiger partial charge in [0.05, 0.1) is 31.1 Å². The van der Waals surface area contributed by atoms with E-state index in [-0.39, 0.29) is 28.3 Å². The van der Waals surface area contributed by atoms with Crippen LogP contribution in [0.2, 0.25) is 0 Å². The van der Waals surface area contributed by atoms with E-state index in [1.54, 1.807) is 31.4 Å². The number of benzene rings is 2. The van der Waals surface area contributed by atoms with Crippen LogP contribution >= 0.6 is 11.8 Å². The Hall–Kier alpha value is -3.31. The molecule has 0 aliphatic rings. The van der Waals surface area contributed by atoms with Crippen LogP contribution in [0.15, 0.2) is 68.4 Å². The number of unbranched alkanes of at least 4 members (excludes halogenated alkanes) is 1. The third-order valence-electron chi connectivity index (χ3n) is 5.36. The first-order valence-corrected chi connectivity index (χ1v) is 13.8. The number of methoxy groups -OCH3 is 2. The minimum absolute atomic E-state index is 0.0124. The molecule has 0 aliphatic carbocycles. The normalized spacial score (nSPS) is 11.2. The fourth-order valence-electron chi connectivity index (χ4n) is 3.35. The second-order valence-electron chi connectivity index (χ2n) is 7.89. The number of nitrogens with one attached hydrogen (secondary N) is 2. The molecule has 0 atom stereocenters. The zero-order valence-electron chi connectivity index (χ0n) is 20.4. The third-order valence-corrected chi connectivity index (χ3v) is 8.01. The Balaban J connectivity index is 1.60. The van der Waals surface area contributed by atoms with Gasteiger partial charge in [-0.25, -0.2) is 13.4 Å². The molecule has 1 heterocycles. The molecule has 2 N–H and O–H groups in total. The predicted molar refractivity (Wildman–Crippen MR) is 137 cm³/mol. The molecule has 1 aromatic heterocycles. The van der Waals surface area contributed by atoms with Crippen LogP contribution in [0, 0.1) is 0 Å². The minimum Gasteiger partial charge on any atom is -0.493 e. The number of ether oxygens (including phenoxy) is 2. The van der Waals surface area contributed by atoms with Gasteiger partial charge in [-0.05, 0) is 48.2 Å². The lowest BCUT2D eigenvalue weighted by Gasteiger charge is -2.10. The first-order valence-electron chi connectivity index (χ1n) is 11.3. The highest BCUT2D eigenvalue weighted by molar-refractivity contribution is 7.99. The molecule has 3 aromatic rings. The molecule has 192 valence electrons. The number of nitrogens with zero attached hydrogens (tertiary/aromatic N) is 1. The maximum Gasteiger partial charge on any atom is 0.270 e. The number of sulfone groups is 1. The lowest BCUT2D eigenvalue weighted by atomic mass is 10.1. The predicted octanol–water partition coefficient (Wildman–Crippen LogP) is 3.37. The molecule has 0 saturated heterocycles. The lowest BCUT2D eigenvalue weighted by Crippen LogP contribution is -2.25. The summed E-state index contributed by atoms with van der Waals surface area (Å²) in [5.41, 5.74) is 1.08. The Morgan fingerprint density at radius 1 is 1.06 bits per heavy atom. The number of H-pyrrole nitrogens is 1. The molecular weight excluding hydrogens is 502 g/mol. The van der Waals surface area contributed by atoms with Crippen molar-refractivity contribution in [2.45, 2.75) is 47.7 Å². The highest BCUT2D eigenvalue weighted by atomic mass is 32.2. The maximum absolute atomic E-state index is 12.9. The molecule has 11 heteroatoms. The zero-order chi connectivity index (χ0) is 26.1. The Labute approximate surface area is 214 Å². The van der Waals surface area contributed by atoms with Gasteiger partial charge in [-0.3, -0.25) is 9.59 Å². The molecule has 0 aliphatic heterocycles. The van der Waals surface area contributed by atoms with E-state index in [1.165, 1.54) is 19.2 Å². The van der Waals surface area contributed by atoms with Crippen molar-refractivity contribution in [2.75, 3.05) is 20.0 Å². The number of carbonyl (C=O) groups is 1. The second-order valence-corrected chi connectivity index (χ2v) is 10.8. The zero-order valence-corrected chi connectivity index (χ0v) is 22.0. The van der Waals surface area contributed by atoms with Gasteiger partial charge in [0.25, 0.3) is 5.56 Å². The number of amides is 1. The number of hydrogen-bond donors (Lipinski definition) is 2. The first kappa shape index (κ1) is 27.3. The number of aromatic nitrogens is 2. The van der Waals surface area contributed by atoms with Crippen LogP contribution in [0.4, 0.5) is 0 Å². The van der Waals surface area contributed by atoms with E-state index in [1.807, 2.05) is 6.07 Å². The molecule has 9 nitrogen and oxygen atoms in total. The summed E-state index contributed by atoms with van der Waals surface area (Å²) in [6.07, 6.45) is 3.96. The van der Waals surface area contributed by atoms with Crippen molar-refractivity contribution in [3.63, 3.8) is 0 Å². The van der Waals surface area contributed by atoms with Crippen molar-refractivity contribution < 1.29 is 22.7 Å². The van der Waals surface area contributed by atoms with Gasteiger partial charge >= 0.3 is 0 Å². The van der Waals surface area contributed by atoms with Crippen molar-refractivity contribution in [3.8, 4) is 11.5 Å². The minimum atomic E-state index is -4.02. The highest BCUT2D eigenvalue weighted by Crippen LogP contribution is 2.27. The highest BCUT2D eigenvalue weighted by Gasteiger charge is 2.22. The smallest absolute Gasteiger partial charge is 0.270 e. The molecule has 0 radical (unpaired) electrons. The largest absolute Gasteiger partial charge is 0.493 e. The number of aryl methyl sites for hydroxylation is 1. The Morgan fingerprint density at radius 3 is 2.39 bits per heavy atom. The SMILES string of the molecule is CCCCc1ccc(S(=O)(=O)c2cnc(SCC(=O)NCc3ccc(OC)c(OC)c3)[nH]c2=O)cc1. The molecule has 36 heavy (non-hydrogen) atoms. The fourth-order valence-corrected chi connectivity index (χ4v) is 5.25. The number of carbonyl (C=O) groups excluding carboxylic acids is 1. The van der Waals surface area contributed by atoms with Crippen LogP contribution < -0.4 is 20.3 Å². The van der Waals surface area contributed by atoms with Crippen LogP contribution in [0.5, 0.6) is 11.5 Å². The van der Waals surface area contributed by atoms with Crippen LogP contribution in [-0.2, 0) is 27.6 Å². The van der Waals surface area contributed by atoms with Gasteiger partial charge in [0.1, 0.15) is 0 Å². The number of aromatic amines is 1. The van der Waals surface area contributed by atoms with E-state index in [2.05, 4.69) is 22.2 Å². The van der Waals surface area contributed by atoms with Gasteiger partial charge in [-0.1, -0.05) is 43.3 Å². The van der Waals surface area contributed by atoms with Gasteiger partial charge < -0.3 is 19.8 Å². The number of hydrogen-bond acceptors (Lipinski definition) is 8. The summed E-state index contributed by atoms with van der Waals surface area (Å²) in [5, 5.41) is 2.92. The van der Waals surface area contributed by atoms with E-state index in [4.69, 9.17) is 9.47 Å². The van der Waals surface area contributed by atoms with Crippen molar-refractivity contribution in [1.82, 2.24) is 15.3 Å². The van der Waals surface area contributed by atoms with Crippen molar-refractivity contribution >= 4 is 27.5 Å². The molecule has 3 rings (SSSR count). The number of rotatable bonds is 12. The van der Waals surface area contributed by atoms with E-state index < -0.39 is 20.3 Å². The molecule has 0 bridgehead atoms. The molecule has 0 saturated carbocycles. The Kier molecular flexibility index (Phi) is 9.54. The van der Waals surface area contributed by atoms with Gasteiger partial charge in [0, 0.05) is 6.54 Å². The molecule has 0 unspecified atom stereocenters. The van der Waals surface area contributed by atoms with Crippen molar-refractivity contribution in [3.05, 3.63) is 70.1 Å². The van der Waals surface area contributed by atoms with E-state index >= 15 is 0 Å². The van der Waals surface area contributed by atoms with Gasteiger partial charge in [-0.2, -0.15) is 0 Å². The van der Waals surface area contributed by atoms with E-state index in [9.17, 15) is 18.0 Å². The van der Waals surface area contributed by atoms with Gasteiger partial charge in [0.2, 0.25) is 15.7 Å². The maximum atomic E-state index is 12.9. The van der Waals surface area contributed by atoms with Crippen LogP contribution in [0.1, 0.15) is 30.9 Å². The summed E-state index contributed by atoms with van der Waals surface area (Å²) in [4.78, 5) is 30.9. The van der Waals surface area contributed by atoms with E-state index in [0.29, 0.717) is 11.5 Å². The third kappa shape index (κ3) is 6.88. The summed E-state index contributed by atoms with van der Waals surface area (Å²) >= 11 is 0.998. The van der Waals surface area contributed by atoms with E-state index in [0.717, 1.165) is 48.3 Å². The van der Waals surface area contributed by atoms with Crippen LogP contribution in [-0.4, -0.2) is 44.3 Å². The number of thioether (sulfide) groups is 1. The van der Waals surface area contributed by atoms with Crippen molar-refractivity contribution in [2.24, 2.45) is 0 Å². The lowest BCUT2D eigenvalue weighted by molar-refractivity contribution is -0.118. The van der Waals surface area contributed by atoms with Gasteiger partial charge in [-0.15, -0.1) is 0 Å². The molecule has 0 fully saturated rings. The standard InChI is InChI=1S/C25H29N3O6S2/c1-4-5-6-17-7-10-19(11-8-17)36(31,32)22-15-27-25(28-24(22)30)35-16-23(29)26-14-18-9-12-20(33-2)21(13-18)34-3/h7-13,15H,4-6,14,16H2,1-3H3,(H,26,29)(H,27,28,30). The molecule has 2 aromatic carbocycles. The average Bonchev–Trinajstić information content (AvgIpc) is 2.89. The molecule has 0 spiro atoms. The topological polar surface area (TPSA) is 127 Å². The average molecular weight is 532 g/mol. The Bertz CT molecular complexity index is 1350. The second kappa shape index (κ2) is 12.6. The summed E-state index contributed by atoms with van der Waals surface area (Å²) < 4.78 is 36.3. The molecular formula is C25H29N3O6S2. The van der Waals surface area contributed by atoms with Crippen molar-refractivity contribution in [1.29, 1.82) is 0 Å². The summed E-state index contributed by atoms with van der Waals surface area (Å²) in [6.45, 7) is 2.37. The van der Waals surface area contributed by atoms with Gasteiger partial charge in [0.15, 0.2) is 21.6 Å². The monoisotopic (exact) mass is 531 g/mol. The first-order chi connectivity index (χ1) is 17.3. The molecule has 1 amide bonds. The summed E-state index contributed by atoms with van der Waals surface area (Å²) in [5.74, 6) is 0.856. The Morgan fingerprint density at radius 2 is 1.75 bits per heavy atom. The summed E-state index contributed by atoms with van der Waals surface area (Å²) in [7, 11) is -0.942.